The van der Waals surface area contributed by atoms with Gasteiger partial charge >= 0.3 is 0 Å². The zero-order valence-electron chi connectivity index (χ0n) is 8.28. The van der Waals surface area contributed by atoms with Crippen molar-refractivity contribution in [3.05, 3.63) is 17.0 Å². The fourth-order valence-corrected chi connectivity index (χ4v) is 2.37. The summed E-state index contributed by atoms with van der Waals surface area (Å²) in [6.45, 7) is 4.50. The van der Waals surface area contributed by atoms with E-state index in [1.165, 1.54) is 12.8 Å². The van der Waals surface area contributed by atoms with Crippen LogP contribution in [-0.2, 0) is 0 Å². The number of rotatable bonds is 2. The third-order valence-corrected chi connectivity index (χ3v) is 3.37. The largest absolute Gasteiger partial charge is 0.355 e. The molecule has 1 unspecified atom stereocenters. The minimum atomic E-state index is 0.830. The summed E-state index contributed by atoms with van der Waals surface area (Å²) < 4.78 is 0.997. The normalized spacial score (nSPS) is 21.6. The van der Waals surface area contributed by atoms with Crippen molar-refractivity contribution in [2.75, 3.05) is 18.0 Å². The van der Waals surface area contributed by atoms with E-state index in [2.05, 4.69) is 37.7 Å². The molecule has 0 N–H and O–H groups in total. The lowest BCUT2D eigenvalue weighted by Crippen LogP contribution is -2.21. The van der Waals surface area contributed by atoms with Crippen LogP contribution in [0.2, 0.25) is 0 Å². The van der Waals surface area contributed by atoms with Crippen LogP contribution in [0.4, 0.5) is 5.82 Å². The summed E-state index contributed by atoms with van der Waals surface area (Å²) in [5.74, 6) is 1.87. The quantitative estimate of drug-likeness (QED) is 0.814. The lowest BCUT2D eigenvalue weighted by Gasteiger charge is -2.17. The fraction of sp³-hybridized carbons (Fsp3) is 0.600. The zero-order valence-corrected chi connectivity index (χ0v) is 9.87. The topological polar surface area (TPSA) is 29.0 Å². The predicted octanol–water partition coefficient (Wildman–Crippen LogP) is 2.48. The molecule has 1 aliphatic heterocycles. The second-order valence-corrected chi connectivity index (χ2v) is 4.56. The van der Waals surface area contributed by atoms with Crippen LogP contribution in [0.5, 0.6) is 0 Å². The van der Waals surface area contributed by atoms with Crippen molar-refractivity contribution in [3.63, 3.8) is 0 Å². The van der Waals surface area contributed by atoms with Crippen molar-refractivity contribution in [2.24, 2.45) is 5.92 Å². The maximum atomic E-state index is 4.30. The summed E-state index contributed by atoms with van der Waals surface area (Å²) in [4.78, 5) is 10.6. The second-order valence-electron chi connectivity index (χ2n) is 3.70. The van der Waals surface area contributed by atoms with E-state index in [1.807, 2.05) is 6.20 Å². The smallest absolute Gasteiger partial charge is 0.146 e. The van der Waals surface area contributed by atoms with Crippen LogP contribution in [0.15, 0.2) is 17.0 Å². The van der Waals surface area contributed by atoms with Gasteiger partial charge in [-0.25, -0.2) is 9.97 Å². The molecule has 3 nitrogen and oxygen atoms in total. The van der Waals surface area contributed by atoms with Gasteiger partial charge in [-0.15, -0.1) is 0 Å². The average molecular weight is 256 g/mol. The summed E-state index contributed by atoms with van der Waals surface area (Å²) >= 11 is 3.48. The summed E-state index contributed by atoms with van der Waals surface area (Å²) in [5, 5.41) is 0. The molecule has 0 aliphatic carbocycles. The minimum Gasteiger partial charge on any atom is -0.355 e. The highest BCUT2D eigenvalue weighted by atomic mass is 79.9. The van der Waals surface area contributed by atoms with E-state index in [1.54, 1.807) is 6.33 Å². The Morgan fingerprint density at radius 1 is 1.64 bits per heavy atom. The molecule has 4 heteroatoms. The molecule has 2 heterocycles. The summed E-state index contributed by atoms with van der Waals surface area (Å²) in [7, 11) is 0. The van der Waals surface area contributed by atoms with Gasteiger partial charge in [0, 0.05) is 19.3 Å². The number of anilines is 1. The molecule has 1 aliphatic rings. The van der Waals surface area contributed by atoms with Crippen LogP contribution >= 0.6 is 15.9 Å². The van der Waals surface area contributed by atoms with Gasteiger partial charge < -0.3 is 4.90 Å². The molecule has 1 aromatic heterocycles. The van der Waals surface area contributed by atoms with E-state index < -0.39 is 0 Å². The van der Waals surface area contributed by atoms with Crippen molar-refractivity contribution in [2.45, 2.75) is 19.8 Å². The Bertz CT molecular complexity index is 316. The van der Waals surface area contributed by atoms with Crippen LogP contribution in [-0.4, -0.2) is 23.1 Å². The molecule has 1 atom stereocenters. The molecular formula is C10H14BrN3. The molecule has 76 valence electrons. The van der Waals surface area contributed by atoms with Crippen molar-refractivity contribution in [3.8, 4) is 0 Å². The highest BCUT2D eigenvalue weighted by Gasteiger charge is 2.23. The number of aromatic nitrogens is 2. The first-order valence-corrected chi connectivity index (χ1v) is 5.81. The van der Waals surface area contributed by atoms with Crippen LogP contribution in [0.3, 0.4) is 0 Å². The molecule has 1 saturated heterocycles. The van der Waals surface area contributed by atoms with E-state index in [4.69, 9.17) is 0 Å². The van der Waals surface area contributed by atoms with Gasteiger partial charge in [-0.3, -0.25) is 0 Å². The Balaban J connectivity index is 2.13. The molecule has 0 spiro atoms. The highest BCUT2D eigenvalue weighted by Crippen LogP contribution is 2.28. The van der Waals surface area contributed by atoms with E-state index in [-0.39, 0.29) is 0 Å². The van der Waals surface area contributed by atoms with Gasteiger partial charge in [0.2, 0.25) is 0 Å². The van der Waals surface area contributed by atoms with E-state index in [9.17, 15) is 0 Å². The number of halogens is 1. The van der Waals surface area contributed by atoms with Crippen molar-refractivity contribution >= 4 is 21.7 Å². The number of hydrogen-bond donors (Lipinski definition) is 0. The van der Waals surface area contributed by atoms with Gasteiger partial charge in [-0.2, -0.15) is 0 Å². The second kappa shape index (κ2) is 4.26. The molecule has 1 aromatic rings. The summed E-state index contributed by atoms with van der Waals surface area (Å²) in [6.07, 6.45) is 5.97. The third-order valence-electron chi connectivity index (χ3n) is 2.81. The lowest BCUT2D eigenvalue weighted by atomic mass is 10.1. The van der Waals surface area contributed by atoms with Crippen molar-refractivity contribution < 1.29 is 0 Å². The SMILES string of the molecule is CCC1CCN(c2ncncc2Br)C1. The van der Waals surface area contributed by atoms with Crippen LogP contribution < -0.4 is 4.90 Å². The molecule has 14 heavy (non-hydrogen) atoms. The third kappa shape index (κ3) is 1.90. The first-order chi connectivity index (χ1) is 6.81. The highest BCUT2D eigenvalue weighted by molar-refractivity contribution is 9.10. The van der Waals surface area contributed by atoms with Crippen molar-refractivity contribution in [1.29, 1.82) is 0 Å². The fourth-order valence-electron chi connectivity index (χ4n) is 1.90. The molecule has 0 amide bonds. The number of hydrogen-bond acceptors (Lipinski definition) is 3. The minimum absolute atomic E-state index is 0.830. The Hall–Kier alpha value is -0.640. The first kappa shape index (κ1) is 9.90. The van der Waals surface area contributed by atoms with Gasteiger partial charge in [0.25, 0.3) is 0 Å². The monoisotopic (exact) mass is 255 g/mol. The molecular weight excluding hydrogens is 242 g/mol. The number of nitrogens with zero attached hydrogens (tertiary/aromatic N) is 3. The van der Waals surface area contributed by atoms with Crippen LogP contribution in [0.25, 0.3) is 0 Å². The average Bonchev–Trinajstić information content (AvgIpc) is 2.67. The van der Waals surface area contributed by atoms with Gasteiger partial charge in [-0.05, 0) is 28.3 Å². The standard InChI is InChI=1S/C10H14BrN3/c1-2-8-3-4-14(6-8)10-9(11)5-12-7-13-10/h5,7-8H,2-4,6H2,1H3. The van der Waals surface area contributed by atoms with Crippen LogP contribution in [0, 0.1) is 5.92 Å². The maximum Gasteiger partial charge on any atom is 0.146 e. The first-order valence-electron chi connectivity index (χ1n) is 5.01. The molecule has 0 radical (unpaired) electrons. The molecule has 1 fully saturated rings. The zero-order chi connectivity index (χ0) is 9.97. The Labute approximate surface area is 92.7 Å². The summed E-state index contributed by atoms with van der Waals surface area (Å²) in [5.41, 5.74) is 0. The maximum absolute atomic E-state index is 4.30. The van der Waals surface area contributed by atoms with Gasteiger partial charge in [0.05, 0.1) is 4.47 Å². The van der Waals surface area contributed by atoms with Crippen LogP contribution in [0.1, 0.15) is 19.8 Å². The van der Waals surface area contributed by atoms with Gasteiger partial charge in [-0.1, -0.05) is 13.3 Å². The molecule has 2 rings (SSSR count). The van der Waals surface area contributed by atoms with Gasteiger partial charge in [0.15, 0.2) is 0 Å². The van der Waals surface area contributed by atoms with E-state index >= 15 is 0 Å². The molecule has 0 bridgehead atoms. The molecule has 0 saturated carbocycles. The Morgan fingerprint density at radius 2 is 2.50 bits per heavy atom. The van der Waals surface area contributed by atoms with E-state index in [0.29, 0.717) is 0 Å². The summed E-state index contributed by atoms with van der Waals surface area (Å²) in [6, 6.07) is 0. The predicted molar refractivity (Wildman–Crippen MR) is 60.3 cm³/mol. The Kier molecular flexibility index (Phi) is 3.01. The van der Waals surface area contributed by atoms with Gasteiger partial charge in [0.1, 0.15) is 12.1 Å². The Morgan fingerprint density at radius 3 is 3.14 bits per heavy atom. The lowest BCUT2D eigenvalue weighted by molar-refractivity contribution is 0.568. The van der Waals surface area contributed by atoms with E-state index in [0.717, 1.165) is 29.3 Å². The molecule has 0 aromatic carbocycles. The van der Waals surface area contributed by atoms with Crippen molar-refractivity contribution in [1.82, 2.24) is 9.97 Å².